The lowest BCUT2D eigenvalue weighted by molar-refractivity contribution is -0.134. The quantitative estimate of drug-likeness (QED) is 0.841. The van der Waals surface area contributed by atoms with Gasteiger partial charge in [0.25, 0.3) is 5.97 Å². The van der Waals surface area contributed by atoms with Gasteiger partial charge < -0.3 is 14.5 Å². The highest BCUT2D eigenvalue weighted by atomic mass is 35.5. The van der Waals surface area contributed by atoms with Crippen LogP contribution >= 0.6 is 11.9 Å². The van der Waals surface area contributed by atoms with E-state index in [2.05, 4.69) is 4.29 Å². The molecule has 0 atom stereocenters. The topological polar surface area (TPSA) is 101 Å². The molecule has 0 bridgehead atoms. The van der Waals surface area contributed by atoms with Crippen molar-refractivity contribution in [1.82, 2.24) is 0 Å². The molecule has 7 heteroatoms. The highest BCUT2D eigenvalue weighted by Crippen LogP contribution is 2.06. The van der Waals surface area contributed by atoms with Gasteiger partial charge in [0.05, 0.1) is 11.1 Å². The van der Waals surface area contributed by atoms with Gasteiger partial charge in [-0.25, -0.2) is 9.59 Å². The Bertz CT molecular complexity index is 407. The number of aliphatic carboxylic acids is 1. The van der Waals surface area contributed by atoms with Gasteiger partial charge in [-0.2, -0.15) is 0 Å². The Balaban J connectivity index is 0.000000557. The number of carboxylic acids is 2. The Labute approximate surface area is 102 Å². The molecular weight excluding hydrogens is 252 g/mol. The summed E-state index contributed by atoms with van der Waals surface area (Å²) in [5, 5.41) is 15.9. The van der Waals surface area contributed by atoms with Crippen molar-refractivity contribution in [2.75, 3.05) is 0 Å². The second-order valence-corrected chi connectivity index (χ2v) is 2.92. The van der Waals surface area contributed by atoms with Gasteiger partial charge in [0.15, 0.2) is 0 Å². The first-order chi connectivity index (χ1) is 7.88. The number of hydrogen-bond donors (Lipinski definition) is 2. The number of carboxylic acid groups (broad SMARTS) is 2. The molecule has 1 rings (SSSR count). The van der Waals surface area contributed by atoms with E-state index in [9.17, 15) is 9.59 Å². The van der Waals surface area contributed by atoms with E-state index in [0.29, 0.717) is 0 Å². The van der Waals surface area contributed by atoms with Crippen molar-refractivity contribution in [3.63, 3.8) is 0 Å². The van der Waals surface area contributed by atoms with E-state index < -0.39 is 17.9 Å². The molecule has 0 unspecified atom stereocenters. The summed E-state index contributed by atoms with van der Waals surface area (Å²) in [6.45, 7) is 1.08. The van der Waals surface area contributed by atoms with Crippen LogP contribution < -0.4 is 0 Å². The lowest BCUT2D eigenvalue weighted by Gasteiger charge is -1.96. The number of carbonyl (C=O) groups excluding carboxylic acids is 1. The molecule has 2 N–H and O–H groups in total. The zero-order valence-corrected chi connectivity index (χ0v) is 9.47. The Hall–Kier alpha value is -2.08. The fourth-order valence-corrected chi connectivity index (χ4v) is 0.883. The van der Waals surface area contributed by atoms with Gasteiger partial charge in [-0.15, -0.1) is 0 Å². The number of benzene rings is 1. The van der Waals surface area contributed by atoms with Crippen molar-refractivity contribution >= 4 is 29.8 Å². The summed E-state index contributed by atoms with van der Waals surface area (Å²) in [5.74, 6) is -2.59. The number of carbonyl (C=O) groups is 3. The van der Waals surface area contributed by atoms with E-state index >= 15 is 0 Å². The van der Waals surface area contributed by atoms with Crippen molar-refractivity contribution in [2.24, 2.45) is 0 Å². The van der Waals surface area contributed by atoms with Crippen molar-refractivity contribution in [1.29, 1.82) is 0 Å². The van der Waals surface area contributed by atoms with Crippen molar-refractivity contribution in [3.8, 4) is 0 Å². The fraction of sp³-hybridized carbons (Fsp3) is 0.100. The third kappa shape index (κ3) is 6.16. The van der Waals surface area contributed by atoms with Crippen LogP contribution in [0.5, 0.6) is 0 Å². The van der Waals surface area contributed by atoms with Crippen molar-refractivity contribution in [2.45, 2.75) is 6.92 Å². The van der Waals surface area contributed by atoms with Crippen LogP contribution in [0.2, 0.25) is 0 Å². The average Bonchev–Trinajstić information content (AvgIpc) is 2.27. The molecular formula is C10H9ClO6. The molecule has 0 aromatic heterocycles. The molecule has 0 radical (unpaired) electrons. The second-order valence-electron chi connectivity index (χ2n) is 2.77. The molecule has 6 nitrogen and oxygen atoms in total. The van der Waals surface area contributed by atoms with Crippen LogP contribution in [0.15, 0.2) is 24.3 Å². The molecule has 0 fully saturated rings. The number of aromatic carboxylic acids is 1. The normalized spacial score (nSPS) is 8.59. The summed E-state index contributed by atoms with van der Waals surface area (Å²) >= 11 is 4.82. The van der Waals surface area contributed by atoms with E-state index in [1.807, 2.05) is 0 Å². The SMILES string of the molecule is CC(=O)O.O=C(O)c1ccc(C(=O)OCl)cc1. The number of hydrogen-bond acceptors (Lipinski definition) is 4. The van der Waals surface area contributed by atoms with Crippen molar-refractivity contribution < 1.29 is 28.9 Å². The summed E-state index contributed by atoms with van der Waals surface area (Å²) in [6.07, 6.45) is 0. The zero-order chi connectivity index (χ0) is 13.4. The third-order valence-electron chi connectivity index (χ3n) is 1.44. The second kappa shape index (κ2) is 7.24. The fourth-order valence-electron chi connectivity index (χ4n) is 0.793. The maximum atomic E-state index is 10.8. The van der Waals surface area contributed by atoms with E-state index in [1.165, 1.54) is 24.3 Å². The molecule has 17 heavy (non-hydrogen) atoms. The summed E-state index contributed by atoms with van der Waals surface area (Å²) in [4.78, 5) is 30.2. The number of halogens is 1. The van der Waals surface area contributed by atoms with Gasteiger partial charge in [0, 0.05) is 6.92 Å². The van der Waals surface area contributed by atoms with E-state index in [4.69, 9.17) is 26.9 Å². The van der Waals surface area contributed by atoms with Crippen LogP contribution in [-0.4, -0.2) is 28.1 Å². The number of rotatable bonds is 2. The van der Waals surface area contributed by atoms with Crippen LogP contribution in [0.4, 0.5) is 0 Å². The zero-order valence-electron chi connectivity index (χ0n) is 8.71. The Kier molecular flexibility index (Phi) is 6.35. The first-order valence-electron chi connectivity index (χ1n) is 4.24. The largest absolute Gasteiger partial charge is 0.481 e. The van der Waals surface area contributed by atoms with Gasteiger partial charge in [-0.3, -0.25) is 4.79 Å². The van der Waals surface area contributed by atoms with E-state index in [0.717, 1.165) is 6.92 Å². The Morgan fingerprint density at radius 3 is 1.71 bits per heavy atom. The van der Waals surface area contributed by atoms with Crippen LogP contribution in [0.25, 0.3) is 0 Å². The van der Waals surface area contributed by atoms with E-state index in [1.54, 1.807) is 0 Å². The monoisotopic (exact) mass is 260 g/mol. The van der Waals surface area contributed by atoms with Gasteiger partial charge in [-0.1, -0.05) is 0 Å². The molecule has 1 aromatic rings. The van der Waals surface area contributed by atoms with Crippen LogP contribution in [-0.2, 0) is 9.08 Å². The van der Waals surface area contributed by atoms with Gasteiger partial charge in [0.2, 0.25) is 0 Å². The Morgan fingerprint density at radius 2 is 1.41 bits per heavy atom. The van der Waals surface area contributed by atoms with Gasteiger partial charge >= 0.3 is 11.9 Å². The van der Waals surface area contributed by atoms with Crippen molar-refractivity contribution in [3.05, 3.63) is 35.4 Å². The first kappa shape index (κ1) is 14.9. The molecule has 92 valence electrons. The molecule has 1 aromatic carbocycles. The summed E-state index contributed by atoms with van der Waals surface area (Å²) < 4.78 is 3.92. The molecule has 0 amide bonds. The molecule has 0 spiro atoms. The highest BCUT2D eigenvalue weighted by Gasteiger charge is 2.07. The highest BCUT2D eigenvalue weighted by molar-refractivity contribution is 6.15. The van der Waals surface area contributed by atoms with Crippen LogP contribution in [0.1, 0.15) is 27.6 Å². The summed E-state index contributed by atoms with van der Waals surface area (Å²) in [5.41, 5.74) is 0.311. The summed E-state index contributed by atoms with van der Waals surface area (Å²) in [7, 11) is 0. The summed E-state index contributed by atoms with van der Waals surface area (Å²) in [6, 6.07) is 5.25. The van der Waals surface area contributed by atoms with Crippen LogP contribution in [0, 0.1) is 0 Å². The van der Waals surface area contributed by atoms with E-state index in [-0.39, 0.29) is 11.1 Å². The minimum Gasteiger partial charge on any atom is -0.481 e. The molecule has 0 aliphatic rings. The minimum atomic E-state index is -1.05. The minimum absolute atomic E-state index is 0.103. The molecule has 0 saturated carbocycles. The molecule has 0 aliphatic heterocycles. The predicted molar refractivity (Wildman–Crippen MR) is 58.0 cm³/mol. The first-order valence-corrected chi connectivity index (χ1v) is 4.55. The lowest BCUT2D eigenvalue weighted by atomic mass is 10.1. The Morgan fingerprint density at radius 1 is 1.06 bits per heavy atom. The molecule has 0 aliphatic carbocycles. The van der Waals surface area contributed by atoms with Gasteiger partial charge in [0.1, 0.15) is 11.9 Å². The lowest BCUT2D eigenvalue weighted by Crippen LogP contribution is -2.00. The molecule has 0 heterocycles. The smallest absolute Gasteiger partial charge is 0.356 e. The maximum absolute atomic E-state index is 10.8. The standard InChI is InChI=1S/C8H5ClO4.C2H4O2/c9-13-8(12)6-3-1-5(2-4-6)7(10)11;1-2(3)4/h1-4H,(H,10,11);1H3,(H,3,4). The van der Waals surface area contributed by atoms with Crippen LogP contribution in [0.3, 0.4) is 0 Å². The third-order valence-corrected chi connectivity index (χ3v) is 1.58. The molecule has 0 saturated heterocycles. The predicted octanol–water partition coefficient (Wildman–Crippen LogP) is 1.79. The van der Waals surface area contributed by atoms with Gasteiger partial charge in [-0.05, 0) is 24.3 Å². The average molecular weight is 261 g/mol. The maximum Gasteiger partial charge on any atom is 0.356 e.